The average Bonchev–Trinajstić information content (AvgIpc) is 2.84. The molecule has 2 unspecified atom stereocenters. The molecule has 1 heterocycles. The number of aryl methyl sites for hydroxylation is 1. The summed E-state index contributed by atoms with van der Waals surface area (Å²) in [6.45, 7) is 5.20. The first kappa shape index (κ1) is 14.4. The van der Waals surface area contributed by atoms with Gasteiger partial charge in [0.25, 0.3) is 0 Å². The molecule has 3 nitrogen and oxygen atoms in total. The molecule has 0 saturated carbocycles. The van der Waals surface area contributed by atoms with E-state index in [1.165, 1.54) is 11.1 Å². The summed E-state index contributed by atoms with van der Waals surface area (Å²) in [4.78, 5) is 0. The Bertz CT molecular complexity index is 425. The summed E-state index contributed by atoms with van der Waals surface area (Å²) in [5.41, 5.74) is 2.45. The van der Waals surface area contributed by atoms with Gasteiger partial charge >= 0.3 is 0 Å². The Morgan fingerprint density at radius 2 is 2.26 bits per heavy atom. The van der Waals surface area contributed by atoms with Crippen molar-refractivity contribution in [3.8, 4) is 5.75 Å². The highest BCUT2D eigenvalue weighted by atomic mass is 16.5. The van der Waals surface area contributed by atoms with Crippen molar-refractivity contribution in [3.63, 3.8) is 0 Å². The predicted octanol–water partition coefficient (Wildman–Crippen LogP) is 2.70. The summed E-state index contributed by atoms with van der Waals surface area (Å²) in [7, 11) is 3.75. The van der Waals surface area contributed by atoms with Gasteiger partial charge < -0.3 is 14.8 Å². The largest absolute Gasteiger partial charge is 0.496 e. The smallest absolute Gasteiger partial charge is 0.122 e. The molecule has 1 aliphatic heterocycles. The summed E-state index contributed by atoms with van der Waals surface area (Å²) >= 11 is 0. The molecule has 0 amide bonds. The van der Waals surface area contributed by atoms with Gasteiger partial charge in [-0.05, 0) is 51.8 Å². The normalized spacial score (nSPS) is 24.4. The van der Waals surface area contributed by atoms with Gasteiger partial charge in [0.2, 0.25) is 0 Å². The Morgan fingerprint density at radius 3 is 2.84 bits per heavy atom. The molecule has 0 bridgehead atoms. The van der Waals surface area contributed by atoms with Crippen LogP contribution in [0.2, 0.25) is 0 Å². The van der Waals surface area contributed by atoms with E-state index >= 15 is 0 Å². The minimum absolute atomic E-state index is 0.0660. The number of benzene rings is 1. The van der Waals surface area contributed by atoms with E-state index in [9.17, 15) is 0 Å². The number of hydrogen-bond acceptors (Lipinski definition) is 3. The molecule has 1 N–H and O–H groups in total. The topological polar surface area (TPSA) is 30.5 Å². The van der Waals surface area contributed by atoms with Gasteiger partial charge in [0.05, 0.1) is 12.7 Å². The number of hydrogen-bond donors (Lipinski definition) is 1. The highest BCUT2D eigenvalue weighted by Gasteiger charge is 2.37. The van der Waals surface area contributed by atoms with Gasteiger partial charge in [0, 0.05) is 12.6 Å². The van der Waals surface area contributed by atoms with Crippen LogP contribution in [0.4, 0.5) is 0 Å². The Hall–Kier alpha value is -1.06. The van der Waals surface area contributed by atoms with Crippen LogP contribution in [0.5, 0.6) is 5.75 Å². The molecule has 1 aromatic carbocycles. The summed E-state index contributed by atoms with van der Waals surface area (Å²) < 4.78 is 11.4. The van der Waals surface area contributed by atoms with Crippen molar-refractivity contribution >= 4 is 0 Å². The van der Waals surface area contributed by atoms with Gasteiger partial charge in [-0.25, -0.2) is 0 Å². The molecule has 1 aliphatic rings. The zero-order valence-corrected chi connectivity index (χ0v) is 12.5. The molecule has 19 heavy (non-hydrogen) atoms. The van der Waals surface area contributed by atoms with E-state index < -0.39 is 0 Å². The third-order valence-corrected chi connectivity index (χ3v) is 4.19. The minimum Gasteiger partial charge on any atom is -0.496 e. The van der Waals surface area contributed by atoms with Crippen molar-refractivity contribution in [2.75, 3.05) is 20.8 Å². The van der Waals surface area contributed by atoms with Crippen LogP contribution in [-0.2, 0) is 11.2 Å². The second kappa shape index (κ2) is 5.93. The number of rotatable bonds is 5. The summed E-state index contributed by atoms with van der Waals surface area (Å²) in [5, 5.41) is 3.42. The first-order valence-electron chi connectivity index (χ1n) is 7.04. The van der Waals surface area contributed by atoms with E-state index in [-0.39, 0.29) is 5.60 Å². The van der Waals surface area contributed by atoms with Gasteiger partial charge in [0.15, 0.2) is 0 Å². The molecule has 0 radical (unpaired) electrons. The van der Waals surface area contributed by atoms with Crippen molar-refractivity contribution in [3.05, 3.63) is 29.3 Å². The number of nitrogens with one attached hydrogen (secondary N) is 1. The third-order valence-electron chi connectivity index (χ3n) is 4.19. The van der Waals surface area contributed by atoms with Crippen LogP contribution in [0.25, 0.3) is 0 Å². The van der Waals surface area contributed by atoms with Crippen molar-refractivity contribution < 1.29 is 9.47 Å². The molecular weight excluding hydrogens is 238 g/mol. The number of methoxy groups -OCH3 is 1. The van der Waals surface area contributed by atoms with Crippen LogP contribution in [-0.4, -0.2) is 32.4 Å². The fraction of sp³-hybridized carbons (Fsp3) is 0.625. The molecule has 2 atom stereocenters. The van der Waals surface area contributed by atoms with Crippen LogP contribution in [0.3, 0.4) is 0 Å². The zero-order valence-electron chi connectivity index (χ0n) is 12.5. The van der Waals surface area contributed by atoms with E-state index in [4.69, 9.17) is 9.47 Å². The van der Waals surface area contributed by atoms with Gasteiger partial charge in [-0.3, -0.25) is 0 Å². The molecule has 1 fully saturated rings. The summed E-state index contributed by atoms with van der Waals surface area (Å²) in [6, 6.07) is 6.66. The molecule has 1 aromatic rings. The predicted molar refractivity (Wildman–Crippen MR) is 77.9 cm³/mol. The average molecular weight is 263 g/mol. The third kappa shape index (κ3) is 3.10. The van der Waals surface area contributed by atoms with Gasteiger partial charge in [0.1, 0.15) is 5.75 Å². The van der Waals surface area contributed by atoms with E-state index in [2.05, 4.69) is 37.4 Å². The zero-order chi connectivity index (χ0) is 13.9. The van der Waals surface area contributed by atoms with Crippen LogP contribution < -0.4 is 10.1 Å². The molecule has 2 rings (SSSR count). The van der Waals surface area contributed by atoms with Gasteiger partial charge in [-0.2, -0.15) is 0 Å². The van der Waals surface area contributed by atoms with Crippen LogP contribution >= 0.6 is 0 Å². The standard InChI is InChI=1S/C16H25NO2/c1-12-6-7-14(18-4)13(10-12)11-15(17-3)16(2)8-5-9-19-16/h6-7,10,15,17H,5,8-9,11H2,1-4H3. The van der Waals surface area contributed by atoms with E-state index in [1.54, 1.807) is 7.11 Å². The Kier molecular flexibility index (Phi) is 4.48. The molecular formula is C16H25NO2. The molecule has 0 spiro atoms. The Labute approximate surface area is 116 Å². The van der Waals surface area contributed by atoms with Gasteiger partial charge in [-0.15, -0.1) is 0 Å². The van der Waals surface area contributed by atoms with Gasteiger partial charge in [-0.1, -0.05) is 17.7 Å². The van der Waals surface area contributed by atoms with Crippen molar-refractivity contribution in [1.82, 2.24) is 5.32 Å². The molecule has 0 aromatic heterocycles. The fourth-order valence-electron chi connectivity index (χ4n) is 2.99. The second-order valence-corrected chi connectivity index (χ2v) is 5.63. The monoisotopic (exact) mass is 263 g/mol. The number of ether oxygens (including phenoxy) is 2. The molecule has 0 aliphatic carbocycles. The van der Waals surface area contributed by atoms with E-state index in [0.29, 0.717) is 6.04 Å². The maximum absolute atomic E-state index is 5.97. The quantitative estimate of drug-likeness (QED) is 0.886. The van der Waals surface area contributed by atoms with Crippen molar-refractivity contribution in [2.24, 2.45) is 0 Å². The summed E-state index contributed by atoms with van der Waals surface area (Å²) in [6.07, 6.45) is 3.20. The van der Waals surface area contributed by atoms with Crippen molar-refractivity contribution in [2.45, 2.75) is 44.8 Å². The lowest BCUT2D eigenvalue weighted by Gasteiger charge is -2.33. The first-order valence-corrected chi connectivity index (χ1v) is 7.04. The van der Waals surface area contributed by atoms with E-state index in [1.807, 2.05) is 7.05 Å². The Morgan fingerprint density at radius 1 is 1.47 bits per heavy atom. The van der Waals surface area contributed by atoms with Crippen LogP contribution in [0.15, 0.2) is 18.2 Å². The lowest BCUT2D eigenvalue weighted by Crippen LogP contribution is -2.48. The van der Waals surface area contributed by atoms with Crippen LogP contribution in [0, 0.1) is 6.92 Å². The summed E-state index contributed by atoms with van der Waals surface area (Å²) in [5.74, 6) is 0.965. The highest BCUT2D eigenvalue weighted by molar-refractivity contribution is 5.37. The second-order valence-electron chi connectivity index (χ2n) is 5.63. The fourth-order valence-corrected chi connectivity index (χ4v) is 2.99. The van der Waals surface area contributed by atoms with Crippen molar-refractivity contribution in [1.29, 1.82) is 0 Å². The maximum atomic E-state index is 5.97. The van der Waals surface area contributed by atoms with Crippen LogP contribution in [0.1, 0.15) is 30.9 Å². The minimum atomic E-state index is -0.0660. The molecule has 1 saturated heterocycles. The molecule has 106 valence electrons. The Balaban J connectivity index is 2.20. The lowest BCUT2D eigenvalue weighted by atomic mass is 9.88. The molecule has 3 heteroatoms. The first-order chi connectivity index (χ1) is 9.09. The maximum Gasteiger partial charge on any atom is 0.122 e. The lowest BCUT2D eigenvalue weighted by molar-refractivity contribution is -0.00954. The number of likely N-dealkylation sites (N-methyl/N-ethyl adjacent to an activating group) is 1. The van der Waals surface area contributed by atoms with E-state index in [0.717, 1.165) is 31.6 Å². The SMILES string of the molecule is CNC(Cc1cc(C)ccc1OC)C1(C)CCCO1. The highest BCUT2D eigenvalue weighted by Crippen LogP contribution is 2.32.